The highest BCUT2D eigenvalue weighted by atomic mass is 79.9. The Morgan fingerprint density at radius 3 is 2.44 bits per heavy atom. The predicted molar refractivity (Wildman–Crippen MR) is 106 cm³/mol. The first kappa shape index (κ1) is 19.4. The lowest BCUT2D eigenvalue weighted by molar-refractivity contribution is -0.136. The number of amides is 2. The number of hydrogen-bond acceptors (Lipinski definition) is 4. The van der Waals surface area contributed by atoms with Crippen molar-refractivity contribution in [2.75, 3.05) is 26.2 Å². The number of nitrogens with zero attached hydrogens (tertiary/aromatic N) is 3. The quantitative estimate of drug-likeness (QED) is 0.697. The van der Waals surface area contributed by atoms with Gasteiger partial charge in [-0.25, -0.2) is 0 Å². The van der Waals surface area contributed by atoms with Gasteiger partial charge < -0.3 is 14.3 Å². The SMILES string of the molecule is Cc1noc(C)c1CC(=O)N1CCN(C(=O)/C=C/c2ccccc2Br)CC1. The molecule has 0 aliphatic carbocycles. The predicted octanol–water partition coefficient (Wildman–Crippen LogP) is 2.98. The summed E-state index contributed by atoms with van der Waals surface area (Å²) < 4.78 is 6.07. The van der Waals surface area contributed by atoms with E-state index in [1.54, 1.807) is 22.0 Å². The zero-order chi connectivity index (χ0) is 19.4. The molecule has 142 valence electrons. The van der Waals surface area contributed by atoms with Gasteiger partial charge in [-0.05, 0) is 31.6 Å². The molecule has 0 spiro atoms. The van der Waals surface area contributed by atoms with Crippen LogP contribution < -0.4 is 0 Å². The molecule has 0 unspecified atom stereocenters. The molecule has 1 aliphatic heterocycles. The molecule has 1 aromatic carbocycles. The second-order valence-corrected chi connectivity index (χ2v) is 7.39. The Bertz CT molecular complexity index is 848. The molecule has 1 saturated heterocycles. The fourth-order valence-electron chi connectivity index (χ4n) is 3.07. The van der Waals surface area contributed by atoms with Crippen LogP contribution in [0.5, 0.6) is 0 Å². The van der Waals surface area contributed by atoms with Gasteiger partial charge in [0.1, 0.15) is 5.76 Å². The van der Waals surface area contributed by atoms with Crippen molar-refractivity contribution in [3.05, 3.63) is 57.4 Å². The van der Waals surface area contributed by atoms with Crippen LogP contribution in [0, 0.1) is 13.8 Å². The second kappa shape index (κ2) is 8.52. The lowest BCUT2D eigenvalue weighted by Crippen LogP contribution is -2.50. The first-order chi connectivity index (χ1) is 13.0. The maximum Gasteiger partial charge on any atom is 0.246 e. The summed E-state index contributed by atoms with van der Waals surface area (Å²) in [4.78, 5) is 28.5. The Morgan fingerprint density at radius 1 is 1.15 bits per heavy atom. The van der Waals surface area contributed by atoms with Gasteiger partial charge in [-0.1, -0.05) is 39.3 Å². The van der Waals surface area contributed by atoms with E-state index < -0.39 is 0 Å². The van der Waals surface area contributed by atoms with Crippen LogP contribution in [0.15, 0.2) is 39.3 Å². The Labute approximate surface area is 166 Å². The standard InChI is InChI=1S/C20H22BrN3O3/c1-14-17(15(2)27-22-14)13-20(26)24-11-9-23(10-12-24)19(25)8-7-16-5-3-4-6-18(16)21/h3-8H,9-13H2,1-2H3/b8-7+. The van der Waals surface area contributed by atoms with Gasteiger partial charge in [0.05, 0.1) is 12.1 Å². The van der Waals surface area contributed by atoms with Gasteiger partial charge in [-0.15, -0.1) is 0 Å². The minimum Gasteiger partial charge on any atom is -0.361 e. The molecule has 2 amide bonds. The fraction of sp³-hybridized carbons (Fsp3) is 0.350. The first-order valence-corrected chi connectivity index (χ1v) is 9.66. The van der Waals surface area contributed by atoms with Gasteiger partial charge in [0, 0.05) is 42.3 Å². The van der Waals surface area contributed by atoms with Crippen molar-refractivity contribution < 1.29 is 14.1 Å². The minimum absolute atomic E-state index is 0.0384. The van der Waals surface area contributed by atoms with Gasteiger partial charge in [-0.2, -0.15) is 0 Å². The fourth-order valence-corrected chi connectivity index (χ4v) is 3.49. The van der Waals surface area contributed by atoms with Gasteiger partial charge >= 0.3 is 0 Å². The Balaban J connectivity index is 1.53. The number of aromatic nitrogens is 1. The van der Waals surface area contributed by atoms with Crippen molar-refractivity contribution in [1.29, 1.82) is 0 Å². The summed E-state index contributed by atoms with van der Waals surface area (Å²) in [6.07, 6.45) is 3.68. The number of hydrogen-bond donors (Lipinski definition) is 0. The minimum atomic E-state index is -0.0384. The monoisotopic (exact) mass is 431 g/mol. The van der Waals surface area contributed by atoms with E-state index in [2.05, 4.69) is 21.1 Å². The molecule has 1 fully saturated rings. The molecule has 0 atom stereocenters. The smallest absolute Gasteiger partial charge is 0.246 e. The maximum absolute atomic E-state index is 12.5. The molecular formula is C20H22BrN3O3. The summed E-state index contributed by atoms with van der Waals surface area (Å²) >= 11 is 3.47. The number of rotatable bonds is 4. The Morgan fingerprint density at radius 2 is 1.81 bits per heavy atom. The molecule has 0 radical (unpaired) electrons. The number of aryl methyl sites for hydroxylation is 2. The largest absolute Gasteiger partial charge is 0.361 e. The summed E-state index contributed by atoms with van der Waals surface area (Å²) in [5, 5.41) is 3.89. The molecule has 7 heteroatoms. The van der Waals surface area contributed by atoms with Crippen LogP contribution in [0.1, 0.15) is 22.6 Å². The highest BCUT2D eigenvalue weighted by molar-refractivity contribution is 9.10. The van der Waals surface area contributed by atoms with E-state index in [1.807, 2.05) is 38.1 Å². The summed E-state index contributed by atoms with van der Waals surface area (Å²) in [7, 11) is 0. The highest BCUT2D eigenvalue weighted by Crippen LogP contribution is 2.18. The van der Waals surface area contributed by atoms with Crippen LogP contribution in [0.25, 0.3) is 6.08 Å². The van der Waals surface area contributed by atoms with Crippen LogP contribution in [-0.4, -0.2) is 52.9 Å². The van der Waals surface area contributed by atoms with Crippen molar-refractivity contribution in [3.8, 4) is 0 Å². The number of piperazine rings is 1. The van der Waals surface area contributed by atoms with Crippen molar-refractivity contribution in [3.63, 3.8) is 0 Å². The molecule has 27 heavy (non-hydrogen) atoms. The summed E-state index contributed by atoms with van der Waals surface area (Å²) in [6.45, 7) is 5.80. The maximum atomic E-state index is 12.5. The van der Waals surface area contributed by atoms with Crippen LogP contribution in [0.2, 0.25) is 0 Å². The molecule has 1 aliphatic rings. The van der Waals surface area contributed by atoms with E-state index in [-0.39, 0.29) is 18.2 Å². The average molecular weight is 432 g/mol. The number of halogens is 1. The van der Waals surface area contributed by atoms with Crippen LogP contribution in [-0.2, 0) is 16.0 Å². The molecule has 2 heterocycles. The molecule has 0 saturated carbocycles. The topological polar surface area (TPSA) is 66.7 Å². The van der Waals surface area contributed by atoms with Crippen LogP contribution >= 0.6 is 15.9 Å². The molecule has 0 bridgehead atoms. The highest BCUT2D eigenvalue weighted by Gasteiger charge is 2.24. The zero-order valence-corrected chi connectivity index (χ0v) is 17.0. The van der Waals surface area contributed by atoms with Crippen molar-refractivity contribution in [2.24, 2.45) is 0 Å². The molecular weight excluding hydrogens is 410 g/mol. The third-order valence-corrected chi connectivity index (χ3v) is 5.49. The van der Waals surface area contributed by atoms with E-state index in [0.717, 1.165) is 21.3 Å². The lowest BCUT2D eigenvalue weighted by Gasteiger charge is -2.34. The molecule has 3 rings (SSSR count). The average Bonchev–Trinajstić information content (AvgIpc) is 2.99. The first-order valence-electron chi connectivity index (χ1n) is 8.86. The van der Waals surface area contributed by atoms with Crippen molar-refractivity contribution in [1.82, 2.24) is 15.0 Å². The van der Waals surface area contributed by atoms with Crippen LogP contribution in [0.4, 0.5) is 0 Å². The molecule has 0 N–H and O–H groups in total. The Kier molecular flexibility index (Phi) is 6.11. The second-order valence-electron chi connectivity index (χ2n) is 6.54. The summed E-state index contributed by atoms with van der Waals surface area (Å²) in [6, 6.07) is 7.74. The molecule has 2 aromatic rings. The van der Waals surface area contributed by atoms with E-state index in [1.165, 1.54) is 0 Å². The number of carbonyl (C=O) groups excluding carboxylic acids is 2. The third kappa shape index (κ3) is 4.66. The van der Waals surface area contributed by atoms with Crippen molar-refractivity contribution in [2.45, 2.75) is 20.3 Å². The van der Waals surface area contributed by atoms with E-state index >= 15 is 0 Å². The van der Waals surface area contributed by atoms with Gasteiger partial charge in [0.2, 0.25) is 11.8 Å². The van der Waals surface area contributed by atoms with Gasteiger partial charge in [-0.3, -0.25) is 9.59 Å². The summed E-state index contributed by atoms with van der Waals surface area (Å²) in [5.74, 6) is 0.690. The lowest BCUT2D eigenvalue weighted by atomic mass is 10.1. The third-order valence-electron chi connectivity index (χ3n) is 4.76. The molecule has 1 aromatic heterocycles. The van der Waals surface area contributed by atoms with Crippen molar-refractivity contribution >= 4 is 33.8 Å². The molecule has 6 nitrogen and oxygen atoms in total. The van der Waals surface area contributed by atoms with E-state index in [4.69, 9.17) is 4.52 Å². The Hall–Kier alpha value is -2.41. The summed E-state index contributed by atoms with van der Waals surface area (Å²) in [5.41, 5.74) is 2.57. The zero-order valence-electron chi connectivity index (χ0n) is 15.4. The van der Waals surface area contributed by atoms with E-state index in [0.29, 0.717) is 31.9 Å². The van der Waals surface area contributed by atoms with Crippen LogP contribution in [0.3, 0.4) is 0 Å². The number of carbonyl (C=O) groups is 2. The van der Waals surface area contributed by atoms with Gasteiger partial charge in [0.25, 0.3) is 0 Å². The van der Waals surface area contributed by atoms with E-state index in [9.17, 15) is 9.59 Å². The van der Waals surface area contributed by atoms with Gasteiger partial charge in [0.15, 0.2) is 0 Å². The number of benzene rings is 1. The normalized spacial score (nSPS) is 14.8.